The molecule has 0 aliphatic rings. The van der Waals surface area contributed by atoms with Crippen molar-refractivity contribution in [1.29, 1.82) is 0 Å². The Labute approximate surface area is 131 Å². The number of carbonyl (C=O) groups excluding carboxylic acids is 1. The third kappa shape index (κ3) is 4.53. The summed E-state index contributed by atoms with van der Waals surface area (Å²) in [5, 5.41) is 2.66. The number of aromatic nitrogens is 1. The molecular formula is C16H15F3N2O2. The quantitative estimate of drug-likeness (QED) is 0.919. The maximum Gasteiger partial charge on any atom is 0.433 e. The SMILES string of the molecule is COCc1ccccc1CNC(=O)c1ccc(C(F)(F)F)nc1. The third-order valence-corrected chi connectivity index (χ3v) is 3.17. The van der Waals surface area contributed by atoms with Crippen LogP contribution in [0.2, 0.25) is 0 Å². The van der Waals surface area contributed by atoms with Crippen LogP contribution in [0.3, 0.4) is 0 Å². The molecule has 0 unspecified atom stereocenters. The molecule has 0 aliphatic carbocycles. The number of amides is 1. The molecular weight excluding hydrogens is 309 g/mol. The largest absolute Gasteiger partial charge is 0.433 e. The number of benzene rings is 1. The van der Waals surface area contributed by atoms with Crippen LogP contribution in [0.5, 0.6) is 0 Å². The van der Waals surface area contributed by atoms with Crippen molar-refractivity contribution in [3.8, 4) is 0 Å². The molecule has 1 N–H and O–H groups in total. The smallest absolute Gasteiger partial charge is 0.380 e. The third-order valence-electron chi connectivity index (χ3n) is 3.17. The summed E-state index contributed by atoms with van der Waals surface area (Å²) in [6.45, 7) is 0.660. The Bertz CT molecular complexity index is 670. The number of carbonyl (C=O) groups is 1. The average molecular weight is 324 g/mol. The predicted molar refractivity (Wildman–Crippen MR) is 77.6 cm³/mol. The van der Waals surface area contributed by atoms with E-state index < -0.39 is 17.8 Å². The van der Waals surface area contributed by atoms with E-state index >= 15 is 0 Å². The van der Waals surface area contributed by atoms with Crippen LogP contribution in [0.1, 0.15) is 27.2 Å². The zero-order valence-corrected chi connectivity index (χ0v) is 12.4. The summed E-state index contributed by atoms with van der Waals surface area (Å²) in [7, 11) is 1.57. The highest BCUT2D eigenvalue weighted by molar-refractivity contribution is 5.93. The number of ether oxygens (including phenoxy) is 1. The minimum absolute atomic E-state index is 0.0715. The van der Waals surface area contributed by atoms with Gasteiger partial charge in [-0.15, -0.1) is 0 Å². The molecule has 4 nitrogen and oxygen atoms in total. The van der Waals surface area contributed by atoms with Gasteiger partial charge in [-0.2, -0.15) is 13.2 Å². The van der Waals surface area contributed by atoms with Gasteiger partial charge in [0.2, 0.25) is 0 Å². The summed E-state index contributed by atoms with van der Waals surface area (Å²) in [6, 6.07) is 9.31. The fraction of sp³-hybridized carbons (Fsp3) is 0.250. The van der Waals surface area contributed by atoms with Crippen LogP contribution in [0.4, 0.5) is 13.2 Å². The number of pyridine rings is 1. The van der Waals surface area contributed by atoms with Crippen molar-refractivity contribution in [2.24, 2.45) is 0 Å². The molecule has 1 heterocycles. The Morgan fingerprint density at radius 2 is 1.87 bits per heavy atom. The first-order valence-electron chi connectivity index (χ1n) is 6.79. The minimum Gasteiger partial charge on any atom is -0.380 e. The zero-order valence-electron chi connectivity index (χ0n) is 12.4. The molecule has 0 aliphatic heterocycles. The van der Waals surface area contributed by atoms with Gasteiger partial charge in [-0.25, -0.2) is 0 Å². The lowest BCUT2D eigenvalue weighted by Gasteiger charge is -2.10. The molecule has 0 saturated heterocycles. The van der Waals surface area contributed by atoms with Crippen LogP contribution in [-0.2, 0) is 24.1 Å². The Morgan fingerprint density at radius 3 is 2.43 bits per heavy atom. The first-order chi connectivity index (χ1) is 10.9. The number of hydrogen-bond acceptors (Lipinski definition) is 3. The van der Waals surface area contributed by atoms with Gasteiger partial charge in [-0.3, -0.25) is 9.78 Å². The summed E-state index contributed by atoms with van der Waals surface area (Å²) in [5.74, 6) is -0.488. The highest BCUT2D eigenvalue weighted by Crippen LogP contribution is 2.27. The molecule has 0 fully saturated rings. The van der Waals surface area contributed by atoms with Crippen molar-refractivity contribution in [2.45, 2.75) is 19.3 Å². The fourth-order valence-electron chi connectivity index (χ4n) is 2.00. The molecule has 7 heteroatoms. The average Bonchev–Trinajstić information content (AvgIpc) is 2.53. The lowest BCUT2D eigenvalue weighted by atomic mass is 10.1. The van der Waals surface area contributed by atoms with Crippen molar-refractivity contribution in [2.75, 3.05) is 7.11 Å². The van der Waals surface area contributed by atoms with Crippen LogP contribution in [0.25, 0.3) is 0 Å². The highest BCUT2D eigenvalue weighted by Gasteiger charge is 2.32. The van der Waals surface area contributed by atoms with E-state index in [1.165, 1.54) is 0 Å². The number of halogens is 3. The number of hydrogen-bond donors (Lipinski definition) is 1. The molecule has 0 saturated carbocycles. The second-order valence-electron chi connectivity index (χ2n) is 4.81. The molecule has 0 radical (unpaired) electrons. The van der Waals surface area contributed by atoms with E-state index in [-0.39, 0.29) is 12.1 Å². The molecule has 1 aromatic heterocycles. The maximum absolute atomic E-state index is 12.4. The summed E-state index contributed by atoms with van der Waals surface area (Å²) in [6.07, 6.45) is -3.60. The van der Waals surface area contributed by atoms with Gasteiger partial charge >= 0.3 is 6.18 Å². The molecule has 2 rings (SSSR count). The molecule has 0 spiro atoms. The van der Waals surface area contributed by atoms with Gasteiger partial charge in [-0.05, 0) is 23.3 Å². The molecule has 0 bridgehead atoms. The zero-order chi connectivity index (χ0) is 16.9. The first kappa shape index (κ1) is 17.0. The van der Waals surface area contributed by atoms with Crippen LogP contribution in [-0.4, -0.2) is 18.0 Å². The standard InChI is InChI=1S/C16H15F3N2O2/c1-23-10-13-5-3-2-4-11(13)8-21-15(22)12-6-7-14(20-9-12)16(17,18)19/h2-7,9H,8,10H2,1H3,(H,21,22). The van der Waals surface area contributed by atoms with Crippen molar-refractivity contribution in [3.05, 3.63) is 65.0 Å². The van der Waals surface area contributed by atoms with Crippen molar-refractivity contribution >= 4 is 5.91 Å². The molecule has 122 valence electrons. The van der Waals surface area contributed by atoms with Gasteiger partial charge in [0.05, 0.1) is 12.2 Å². The molecule has 1 aromatic carbocycles. The fourth-order valence-corrected chi connectivity index (χ4v) is 2.00. The monoisotopic (exact) mass is 324 g/mol. The number of alkyl halides is 3. The Balaban J connectivity index is 2.03. The normalized spacial score (nSPS) is 11.3. The van der Waals surface area contributed by atoms with Gasteiger partial charge in [-0.1, -0.05) is 24.3 Å². The minimum atomic E-state index is -4.52. The van der Waals surface area contributed by atoms with Crippen molar-refractivity contribution < 1.29 is 22.7 Å². The molecule has 1 amide bonds. The van der Waals surface area contributed by atoms with E-state index in [4.69, 9.17) is 4.74 Å². The first-order valence-corrected chi connectivity index (χ1v) is 6.79. The maximum atomic E-state index is 12.4. The second kappa shape index (κ2) is 7.23. The number of nitrogens with one attached hydrogen (secondary N) is 1. The van der Waals surface area contributed by atoms with Gasteiger partial charge in [0, 0.05) is 19.9 Å². The summed E-state index contributed by atoms with van der Waals surface area (Å²) in [5.41, 5.74) is 0.852. The van der Waals surface area contributed by atoms with E-state index in [1.807, 2.05) is 24.3 Å². The van der Waals surface area contributed by atoms with Gasteiger partial charge in [0.1, 0.15) is 5.69 Å². The van der Waals surface area contributed by atoms with Gasteiger partial charge < -0.3 is 10.1 Å². The van der Waals surface area contributed by atoms with Crippen LogP contribution in [0.15, 0.2) is 42.6 Å². The van der Waals surface area contributed by atoms with Gasteiger partial charge in [0.25, 0.3) is 5.91 Å². The second-order valence-corrected chi connectivity index (χ2v) is 4.81. The predicted octanol–water partition coefficient (Wildman–Crippen LogP) is 3.18. The van der Waals surface area contributed by atoms with Crippen molar-refractivity contribution in [1.82, 2.24) is 10.3 Å². The lowest BCUT2D eigenvalue weighted by Crippen LogP contribution is -2.24. The lowest BCUT2D eigenvalue weighted by molar-refractivity contribution is -0.141. The van der Waals surface area contributed by atoms with E-state index in [9.17, 15) is 18.0 Å². The van der Waals surface area contributed by atoms with E-state index in [1.54, 1.807) is 7.11 Å². The van der Waals surface area contributed by atoms with Gasteiger partial charge in [0.15, 0.2) is 0 Å². The Morgan fingerprint density at radius 1 is 1.17 bits per heavy atom. The number of nitrogens with zero attached hydrogens (tertiary/aromatic N) is 1. The summed E-state index contributed by atoms with van der Waals surface area (Å²) < 4.78 is 42.4. The van der Waals surface area contributed by atoms with E-state index in [0.717, 1.165) is 29.5 Å². The number of methoxy groups -OCH3 is 1. The highest BCUT2D eigenvalue weighted by atomic mass is 19.4. The molecule has 0 atom stereocenters. The molecule has 23 heavy (non-hydrogen) atoms. The van der Waals surface area contributed by atoms with Crippen LogP contribution < -0.4 is 5.32 Å². The van der Waals surface area contributed by atoms with E-state index in [0.29, 0.717) is 6.61 Å². The van der Waals surface area contributed by atoms with E-state index in [2.05, 4.69) is 10.3 Å². The molecule has 2 aromatic rings. The van der Waals surface area contributed by atoms with Crippen LogP contribution in [0, 0.1) is 0 Å². The number of rotatable bonds is 5. The topological polar surface area (TPSA) is 51.2 Å². The summed E-state index contributed by atoms with van der Waals surface area (Å²) >= 11 is 0. The Kier molecular flexibility index (Phi) is 5.33. The van der Waals surface area contributed by atoms with Crippen LogP contribution >= 0.6 is 0 Å². The summed E-state index contributed by atoms with van der Waals surface area (Å²) in [4.78, 5) is 15.3. The van der Waals surface area contributed by atoms with Crippen molar-refractivity contribution in [3.63, 3.8) is 0 Å². The Hall–Kier alpha value is -2.41.